The van der Waals surface area contributed by atoms with Crippen LogP contribution in [-0.2, 0) is 7.05 Å². The van der Waals surface area contributed by atoms with E-state index in [4.69, 9.17) is 14.5 Å². The largest absolute Gasteiger partial charge is 0.497 e. The van der Waals surface area contributed by atoms with Crippen LogP contribution in [0.25, 0.3) is 22.2 Å². The molecule has 0 spiro atoms. The van der Waals surface area contributed by atoms with Gasteiger partial charge in [0.25, 0.3) is 0 Å². The summed E-state index contributed by atoms with van der Waals surface area (Å²) in [7, 11) is 5.21. The molecule has 1 aromatic carbocycles. The minimum Gasteiger partial charge on any atom is -0.497 e. The fourth-order valence-electron chi connectivity index (χ4n) is 3.42. The highest BCUT2D eigenvalue weighted by Crippen LogP contribution is 2.33. The Morgan fingerprint density at radius 3 is 2.33 bits per heavy atom. The number of benzene rings is 1. The topological polar surface area (TPSA) is 65.3 Å². The van der Waals surface area contributed by atoms with Crippen LogP contribution in [0.5, 0.6) is 11.5 Å². The SMILES string of the molecule is CCCN(c1cc(OC)cc(OC)c1)c1ccc2ncc(-c3cnn(C)c3)cc2n1. The lowest BCUT2D eigenvalue weighted by atomic mass is 10.1. The van der Waals surface area contributed by atoms with Crippen molar-refractivity contribution in [2.24, 2.45) is 7.05 Å². The summed E-state index contributed by atoms with van der Waals surface area (Å²) < 4.78 is 12.7. The van der Waals surface area contributed by atoms with E-state index in [1.807, 2.05) is 56.0 Å². The van der Waals surface area contributed by atoms with Crippen LogP contribution in [0.1, 0.15) is 13.3 Å². The Morgan fingerprint density at radius 2 is 1.70 bits per heavy atom. The molecule has 0 amide bonds. The lowest BCUT2D eigenvalue weighted by Crippen LogP contribution is -2.19. The predicted molar refractivity (Wildman–Crippen MR) is 119 cm³/mol. The number of aromatic nitrogens is 4. The lowest BCUT2D eigenvalue weighted by molar-refractivity contribution is 0.394. The molecule has 30 heavy (non-hydrogen) atoms. The van der Waals surface area contributed by atoms with Gasteiger partial charge in [-0.15, -0.1) is 0 Å². The first-order valence-corrected chi connectivity index (χ1v) is 9.87. The van der Waals surface area contributed by atoms with Gasteiger partial charge in [0, 0.05) is 61.0 Å². The minimum atomic E-state index is 0.742. The average Bonchev–Trinajstić information content (AvgIpc) is 3.22. The van der Waals surface area contributed by atoms with Crippen LogP contribution in [0, 0.1) is 0 Å². The Bertz CT molecular complexity index is 1150. The molecule has 7 heteroatoms. The number of hydrogen-bond acceptors (Lipinski definition) is 6. The molecular weight excluding hydrogens is 378 g/mol. The second-order valence-corrected chi connectivity index (χ2v) is 7.06. The minimum absolute atomic E-state index is 0.742. The van der Waals surface area contributed by atoms with E-state index >= 15 is 0 Å². The molecular formula is C23H25N5O2. The molecule has 0 N–H and O–H groups in total. The van der Waals surface area contributed by atoms with Gasteiger partial charge in [-0.25, -0.2) is 4.98 Å². The number of aryl methyl sites for hydroxylation is 1. The standard InChI is InChI=1S/C23H25N5O2/c1-5-8-28(18-10-19(29-3)12-20(11-18)30-4)23-7-6-21-22(26-23)9-16(13-24-21)17-14-25-27(2)15-17/h6-7,9-15H,5,8H2,1-4H3. The van der Waals surface area contributed by atoms with E-state index < -0.39 is 0 Å². The summed E-state index contributed by atoms with van der Waals surface area (Å²) in [5.74, 6) is 2.34. The van der Waals surface area contributed by atoms with E-state index in [2.05, 4.69) is 28.0 Å². The van der Waals surface area contributed by atoms with E-state index in [0.717, 1.165) is 58.1 Å². The van der Waals surface area contributed by atoms with Crippen molar-refractivity contribution in [2.75, 3.05) is 25.7 Å². The second-order valence-electron chi connectivity index (χ2n) is 7.06. The molecule has 0 bridgehead atoms. The number of rotatable bonds is 7. The molecule has 0 saturated heterocycles. The van der Waals surface area contributed by atoms with E-state index in [1.54, 1.807) is 18.9 Å². The summed E-state index contributed by atoms with van der Waals surface area (Å²) in [4.78, 5) is 11.7. The third-order valence-electron chi connectivity index (χ3n) is 4.93. The van der Waals surface area contributed by atoms with Gasteiger partial charge in [0.15, 0.2) is 0 Å². The molecule has 0 aliphatic carbocycles. The maximum absolute atomic E-state index is 5.45. The Hall–Kier alpha value is -3.61. The van der Waals surface area contributed by atoms with E-state index in [0.29, 0.717) is 0 Å². The summed E-state index contributed by atoms with van der Waals surface area (Å²) in [5, 5.41) is 4.25. The van der Waals surface area contributed by atoms with Crippen molar-refractivity contribution < 1.29 is 9.47 Å². The number of fused-ring (bicyclic) bond motifs is 1. The van der Waals surface area contributed by atoms with Crippen molar-refractivity contribution in [3.05, 3.63) is 55.0 Å². The third-order valence-corrected chi connectivity index (χ3v) is 4.93. The maximum Gasteiger partial charge on any atom is 0.133 e. The van der Waals surface area contributed by atoms with Crippen LogP contribution in [0.2, 0.25) is 0 Å². The predicted octanol–water partition coefficient (Wildman–Crippen LogP) is 4.60. The van der Waals surface area contributed by atoms with Crippen LogP contribution in [0.4, 0.5) is 11.5 Å². The van der Waals surface area contributed by atoms with Crippen molar-refractivity contribution >= 4 is 22.5 Å². The smallest absolute Gasteiger partial charge is 0.133 e. The Balaban J connectivity index is 1.78. The van der Waals surface area contributed by atoms with Gasteiger partial charge in [-0.1, -0.05) is 6.92 Å². The van der Waals surface area contributed by atoms with Crippen molar-refractivity contribution in [2.45, 2.75) is 13.3 Å². The van der Waals surface area contributed by atoms with Crippen molar-refractivity contribution in [3.8, 4) is 22.6 Å². The van der Waals surface area contributed by atoms with Gasteiger partial charge in [0.1, 0.15) is 17.3 Å². The molecule has 3 heterocycles. The monoisotopic (exact) mass is 403 g/mol. The highest BCUT2D eigenvalue weighted by Gasteiger charge is 2.14. The van der Waals surface area contributed by atoms with Crippen LogP contribution >= 0.6 is 0 Å². The molecule has 0 aliphatic rings. The summed E-state index contributed by atoms with van der Waals surface area (Å²) in [5.41, 5.74) is 4.67. The fraction of sp³-hybridized carbons (Fsp3) is 0.261. The maximum atomic E-state index is 5.45. The number of pyridine rings is 2. The van der Waals surface area contributed by atoms with Gasteiger partial charge >= 0.3 is 0 Å². The Kier molecular flexibility index (Phi) is 5.52. The molecule has 4 aromatic rings. The number of hydrogen-bond donors (Lipinski definition) is 0. The molecule has 0 fully saturated rings. The first-order chi connectivity index (χ1) is 14.6. The van der Waals surface area contributed by atoms with E-state index in [1.165, 1.54) is 0 Å². The quantitative estimate of drug-likeness (QED) is 0.449. The molecule has 0 unspecified atom stereocenters. The first-order valence-electron chi connectivity index (χ1n) is 9.87. The van der Waals surface area contributed by atoms with Crippen molar-refractivity contribution in [1.82, 2.24) is 19.7 Å². The summed E-state index contributed by atoms with van der Waals surface area (Å²) in [6, 6.07) is 11.9. The van der Waals surface area contributed by atoms with Gasteiger partial charge < -0.3 is 14.4 Å². The number of nitrogens with zero attached hydrogens (tertiary/aromatic N) is 5. The highest BCUT2D eigenvalue weighted by atomic mass is 16.5. The first kappa shape index (κ1) is 19.7. The van der Waals surface area contributed by atoms with E-state index in [9.17, 15) is 0 Å². The van der Waals surface area contributed by atoms with Crippen molar-refractivity contribution in [1.29, 1.82) is 0 Å². The number of anilines is 2. The molecule has 0 aliphatic heterocycles. The van der Waals surface area contributed by atoms with Crippen LogP contribution < -0.4 is 14.4 Å². The van der Waals surface area contributed by atoms with Gasteiger partial charge in [-0.2, -0.15) is 5.10 Å². The molecule has 4 rings (SSSR count). The van der Waals surface area contributed by atoms with Crippen LogP contribution in [-0.4, -0.2) is 40.5 Å². The molecule has 3 aromatic heterocycles. The van der Waals surface area contributed by atoms with Crippen molar-refractivity contribution in [3.63, 3.8) is 0 Å². The zero-order chi connectivity index (χ0) is 21.1. The van der Waals surface area contributed by atoms with E-state index in [-0.39, 0.29) is 0 Å². The zero-order valence-electron chi connectivity index (χ0n) is 17.7. The fourth-order valence-corrected chi connectivity index (χ4v) is 3.42. The molecule has 7 nitrogen and oxygen atoms in total. The van der Waals surface area contributed by atoms with Crippen LogP contribution in [0.3, 0.4) is 0 Å². The van der Waals surface area contributed by atoms with Gasteiger partial charge in [-0.05, 0) is 24.6 Å². The average molecular weight is 403 g/mol. The number of ether oxygens (including phenoxy) is 2. The summed E-state index contributed by atoms with van der Waals surface area (Å²) in [6.45, 7) is 2.96. The summed E-state index contributed by atoms with van der Waals surface area (Å²) in [6.07, 6.45) is 6.63. The molecule has 0 atom stereocenters. The molecule has 0 saturated carbocycles. The summed E-state index contributed by atoms with van der Waals surface area (Å²) >= 11 is 0. The van der Waals surface area contributed by atoms with Gasteiger partial charge in [-0.3, -0.25) is 9.67 Å². The van der Waals surface area contributed by atoms with Gasteiger partial charge in [0.05, 0.1) is 31.4 Å². The third kappa shape index (κ3) is 3.91. The highest BCUT2D eigenvalue weighted by molar-refractivity contribution is 5.82. The van der Waals surface area contributed by atoms with Crippen LogP contribution in [0.15, 0.2) is 55.0 Å². The lowest BCUT2D eigenvalue weighted by Gasteiger charge is -2.24. The Morgan fingerprint density at radius 1 is 0.933 bits per heavy atom. The zero-order valence-corrected chi connectivity index (χ0v) is 17.7. The Labute approximate surface area is 175 Å². The van der Waals surface area contributed by atoms with Gasteiger partial charge in [0.2, 0.25) is 0 Å². The molecule has 154 valence electrons. The normalized spacial score (nSPS) is 10.9. The number of methoxy groups -OCH3 is 2. The molecule has 0 radical (unpaired) electrons. The second kappa shape index (κ2) is 8.41.